The predicted molar refractivity (Wildman–Crippen MR) is 77.2 cm³/mol. The fourth-order valence-corrected chi connectivity index (χ4v) is 2.67. The molecule has 0 saturated heterocycles. The molecule has 19 heavy (non-hydrogen) atoms. The van der Waals surface area contributed by atoms with E-state index >= 15 is 0 Å². The van der Waals surface area contributed by atoms with Gasteiger partial charge in [-0.3, -0.25) is 4.79 Å². The van der Waals surface area contributed by atoms with Gasteiger partial charge in [-0.2, -0.15) is 0 Å². The van der Waals surface area contributed by atoms with Crippen LogP contribution in [0.4, 0.5) is 5.69 Å². The Kier molecular flexibility index (Phi) is 2.86. The summed E-state index contributed by atoms with van der Waals surface area (Å²) in [5.41, 5.74) is 9.53. The van der Waals surface area contributed by atoms with Crippen molar-refractivity contribution in [1.29, 1.82) is 0 Å². The summed E-state index contributed by atoms with van der Waals surface area (Å²) < 4.78 is 0. The van der Waals surface area contributed by atoms with Crippen molar-refractivity contribution in [3.05, 3.63) is 65.2 Å². The third-order valence-electron chi connectivity index (χ3n) is 4.00. The van der Waals surface area contributed by atoms with Gasteiger partial charge in [0.25, 0.3) is 0 Å². The van der Waals surface area contributed by atoms with Crippen LogP contribution in [0.25, 0.3) is 0 Å². The van der Waals surface area contributed by atoms with E-state index in [0.29, 0.717) is 11.6 Å². The lowest BCUT2D eigenvalue weighted by atomic mass is 9.98. The lowest BCUT2D eigenvalue weighted by molar-refractivity contribution is 0.0964. The summed E-state index contributed by atoms with van der Waals surface area (Å²) in [5.74, 6) is 0.746. The second kappa shape index (κ2) is 4.54. The number of hydrogen-bond acceptors (Lipinski definition) is 2. The van der Waals surface area contributed by atoms with Gasteiger partial charge in [0.05, 0.1) is 0 Å². The first kappa shape index (κ1) is 12.0. The standard InChI is InChI=1S/C17H17NO/c1-11-13(8-5-9-16(11)18)17(19)15-10-14(15)12-6-3-2-4-7-12/h2-9,14-15H,10,18H2,1H3. The minimum Gasteiger partial charge on any atom is -0.398 e. The minimum atomic E-state index is 0.128. The molecule has 2 aromatic rings. The lowest BCUT2D eigenvalue weighted by Gasteiger charge is -2.07. The topological polar surface area (TPSA) is 43.1 Å². The molecule has 0 radical (unpaired) electrons. The van der Waals surface area contributed by atoms with Gasteiger partial charge in [0.2, 0.25) is 0 Å². The highest BCUT2D eigenvalue weighted by molar-refractivity contribution is 6.02. The fourth-order valence-electron chi connectivity index (χ4n) is 2.67. The van der Waals surface area contributed by atoms with Crippen molar-refractivity contribution in [3.8, 4) is 0 Å². The van der Waals surface area contributed by atoms with E-state index in [-0.39, 0.29) is 11.7 Å². The maximum atomic E-state index is 12.5. The summed E-state index contributed by atoms with van der Waals surface area (Å²) in [5, 5.41) is 0. The Labute approximate surface area is 113 Å². The summed E-state index contributed by atoms with van der Waals surface area (Å²) in [6.07, 6.45) is 0.955. The molecule has 0 spiro atoms. The summed E-state index contributed by atoms with van der Waals surface area (Å²) in [6, 6.07) is 15.8. The summed E-state index contributed by atoms with van der Waals surface area (Å²) in [6.45, 7) is 1.92. The quantitative estimate of drug-likeness (QED) is 0.669. The molecule has 1 aliphatic rings. The number of carbonyl (C=O) groups is 1. The number of rotatable bonds is 3. The van der Waals surface area contributed by atoms with Crippen molar-refractivity contribution in [2.75, 3.05) is 5.73 Å². The molecule has 3 rings (SSSR count). The SMILES string of the molecule is Cc1c(N)cccc1C(=O)C1CC1c1ccccc1. The molecule has 1 fully saturated rings. The second-order valence-corrected chi connectivity index (χ2v) is 5.24. The smallest absolute Gasteiger partial charge is 0.166 e. The molecule has 96 valence electrons. The molecule has 2 heteroatoms. The summed E-state index contributed by atoms with van der Waals surface area (Å²) in [7, 11) is 0. The van der Waals surface area contributed by atoms with Crippen LogP contribution < -0.4 is 5.73 Å². The molecule has 0 bridgehead atoms. The van der Waals surface area contributed by atoms with Crippen LogP contribution in [0.5, 0.6) is 0 Å². The van der Waals surface area contributed by atoms with Crippen molar-refractivity contribution in [1.82, 2.24) is 0 Å². The van der Waals surface area contributed by atoms with Gasteiger partial charge >= 0.3 is 0 Å². The highest BCUT2D eigenvalue weighted by Crippen LogP contribution is 2.49. The Balaban J connectivity index is 1.82. The number of nitrogen functional groups attached to an aromatic ring is 1. The van der Waals surface area contributed by atoms with E-state index in [1.807, 2.05) is 43.3 Å². The Hall–Kier alpha value is -2.09. The van der Waals surface area contributed by atoms with Crippen LogP contribution in [-0.2, 0) is 0 Å². The zero-order valence-corrected chi connectivity index (χ0v) is 11.0. The first-order chi connectivity index (χ1) is 9.18. The molecule has 2 atom stereocenters. The molecule has 1 aliphatic carbocycles. The molecular weight excluding hydrogens is 234 g/mol. The molecule has 0 amide bonds. The van der Waals surface area contributed by atoms with E-state index in [1.165, 1.54) is 5.56 Å². The van der Waals surface area contributed by atoms with Gasteiger partial charge < -0.3 is 5.73 Å². The van der Waals surface area contributed by atoms with Crippen LogP contribution in [0.1, 0.15) is 33.8 Å². The highest BCUT2D eigenvalue weighted by atomic mass is 16.1. The van der Waals surface area contributed by atoms with E-state index < -0.39 is 0 Å². The van der Waals surface area contributed by atoms with Gasteiger partial charge in [0, 0.05) is 17.2 Å². The van der Waals surface area contributed by atoms with Crippen LogP contribution in [0, 0.1) is 12.8 Å². The molecule has 2 aromatic carbocycles. The van der Waals surface area contributed by atoms with E-state index in [9.17, 15) is 4.79 Å². The number of anilines is 1. The normalized spacial score (nSPS) is 21.1. The lowest BCUT2D eigenvalue weighted by Crippen LogP contribution is -2.07. The van der Waals surface area contributed by atoms with Crippen LogP contribution >= 0.6 is 0 Å². The van der Waals surface area contributed by atoms with Gasteiger partial charge in [0.1, 0.15) is 0 Å². The van der Waals surface area contributed by atoms with Crippen molar-refractivity contribution in [2.24, 2.45) is 5.92 Å². The van der Waals surface area contributed by atoms with E-state index in [1.54, 1.807) is 0 Å². The molecule has 1 saturated carbocycles. The Morgan fingerprint density at radius 2 is 1.84 bits per heavy atom. The monoisotopic (exact) mass is 251 g/mol. The Morgan fingerprint density at radius 1 is 1.11 bits per heavy atom. The number of ketones is 1. The first-order valence-electron chi connectivity index (χ1n) is 6.62. The fraction of sp³-hybridized carbons (Fsp3) is 0.235. The Morgan fingerprint density at radius 3 is 2.58 bits per heavy atom. The molecule has 0 heterocycles. The van der Waals surface area contributed by atoms with E-state index in [0.717, 1.165) is 17.5 Å². The largest absolute Gasteiger partial charge is 0.398 e. The van der Waals surface area contributed by atoms with Gasteiger partial charge in [0.15, 0.2) is 5.78 Å². The molecular formula is C17H17NO. The van der Waals surface area contributed by atoms with Gasteiger partial charge in [-0.15, -0.1) is 0 Å². The summed E-state index contributed by atoms with van der Waals surface area (Å²) in [4.78, 5) is 12.5. The van der Waals surface area contributed by atoms with E-state index in [4.69, 9.17) is 5.73 Å². The molecule has 2 nitrogen and oxygen atoms in total. The zero-order chi connectivity index (χ0) is 13.4. The van der Waals surface area contributed by atoms with Crippen molar-refractivity contribution < 1.29 is 4.79 Å². The number of carbonyl (C=O) groups excluding carboxylic acids is 1. The third kappa shape index (κ3) is 2.14. The number of Topliss-reactive ketones (excluding diaryl/α,β-unsaturated/α-hetero) is 1. The average Bonchev–Trinajstić information content (AvgIpc) is 3.22. The van der Waals surface area contributed by atoms with Crippen molar-refractivity contribution in [2.45, 2.75) is 19.3 Å². The first-order valence-corrected chi connectivity index (χ1v) is 6.62. The second-order valence-electron chi connectivity index (χ2n) is 5.24. The minimum absolute atomic E-state index is 0.128. The zero-order valence-electron chi connectivity index (χ0n) is 11.0. The highest BCUT2D eigenvalue weighted by Gasteiger charge is 2.44. The van der Waals surface area contributed by atoms with Crippen molar-refractivity contribution in [3.63, 3.8) is 0 Å². The average molecular weight is 251 g/mol. The molecule has 2 N–H and O–H groups in total. The predicted octanol–water partition coefficient (Wildman–Crippen LogP) is 3.56. The maximum absolute atomic E-state index is 12.5. The van der Waals surface area contributed by atoms with Gasteiger partial charge in [-0.25, -0.2) is 0 Å². The third-order valence-corrected chi connectivity index (χ3v) is 4.00. The molecule has 0 aromatic heterocycles. The van der Waals surface area contributed by atoms with E-state index in [2.05, 4.69) is 12.1 Å². The van der Waals surface area contributed by atoms with Gasteiger partial charge in [-0.1, -0.05) is 42.5 Å². The van der Waals surface area contributed by atoms with Crippen LogP contribution in [0.2, 0.25) is 0 Å². The number of hydrogen-bond donors (Lipinski definition) is 1. The summed E-state index contributed by atoms with van der Waals surface area (Å²) >= 11 is 0. The van der Waals surface area contributed by atoms with Crippen LogP contribution in [0.15, 0.2) is 48.5 Å². The molecule has 0 aliphatic heterocycles. The van der Waals surface area contributed by atoms with Crippen LogP contribution in [-0.4, -0.2) is 5.78 Å². The van der Waals surface area contributed by atoms with Crippen LogP contribution in [0.3, 0.4) is 0 Å². The van der Waals surface area contributed by atoms with Gasteiger partial charge in [-0.05, 0) is 36.5 Å². The number of nitrogens with two attached hydrogens (primary N) is 1. The van der Waals surface area contributed by atoms with Crippen molar-refractivity contribution >= 4 is 11.5 Å². The maximum Gasteiger partial charge on any atom is 0.166 e. The Bertz CT molecular complexity index is 618. The number of benzene rings is 2. The molecule has 2 unspecified atom stereocenters.